The topological polar surface area (TPSA) is 8.17 Å². The molecule has 3 aromatic heterocycles. The summed E-state index contributed by atoms with van der Waals surface area (Å²) in [7, 11) is 0. The van der Waals surface area contributed by atoms with Crippen molar-refractivity contribution >= 4 is 104 Å². The molecule has 0 spiro atoms. The molecule has 0 aliphatic heterocycles. The SMILES string of the molecule is c1ccc(-n2c3ccccc3c3cc(N(c4ccc(-c5ccc6c(c5)[se]c5ccccc56)cc4)c4ccc5sc6ccccc6c5c4)ccc32)cc1. The van der Waals surface area contributed by atoms with Crippen molar-refractivity contribution in [3.8, 4) is 16.8 Å². The van der Waals surface area contributed by atoms with Crippen molar-refractivity contribution in [2.24, 2.45) is 0 Å². The molecule has 0 saturated carbocycles. The molecule has 4 heteroatoms. The molecule has 3 heterocycles. The first-order valence-corrected chi connectivity index (χ1v) is 20.1. The Bertz CT molecular complexity index is 3130. The molecule has 52 heavy (non-hydrogen) atoms. The van der Waals surface area contributed by atoms with Crippen LogP contribution in [0.15, 0.2) is 182 Å². The Labute approximate surface area is 310 Å². The zero-order valence-electron chi connectivity index (χ0n) is 28.0. The number of fused-ring (bicyclic) bond motifs is 9. The van der Waals surface area contributed by atoms with Crippen molar-refractivity contribution in [2.75, 3.05) is 4.90 Å². The van der Waals surface area contributed by atoms with Crippen LogP contribution in [-0.4, -0.2) is 19.1 Å². The Balaban J connectivity index is 1.08. The van der Waals surface area contributed by atoms with Gasteiger partial charge in [-0.25, -0.2) is 0 Å². The van der Waals surface area contributed by atoms with Gasteiger partial charge in [0, 0.05) is 10.4 Å². The number of hydrogen-bond donors (Lipinski definition) is 0. The van der Waals surface area contributed by atoms with E-state index in [0.29, 0.717) is 14.5 Å². The second kappa shape index (κ2) is 11.8. The van der Waals surface area contributed by atoms with Crippen molar-refractivity contribution in [3.63, 3.8) is 0 Å². The Morgan fingerprint density at radius 2 is 1.00 bits per heavy atom. The summed E-state index contributed by atoms with van der Waals surface area (Å²) in [5.74, 6) is 0. The van der Waals surface area contributed by atoms with Gasteiger partial charge in [0.15, 0.2) is 0 Å². The third-order valence-corrected chi connectivity index (χ3v) is 13.9. The molecular weight excluding hydrogens is 716 g/mol. The Kier molecular flexibility index (Phi) is 6.78. The van der Waals surface area contributed by atoms with E-state index in [1.54, 1.807) is 0 Å². The Morgan fingerprint density at radius 3 is 1.87 bits per heavy atom. The summed E-state index contributed by atoms with van der Waals surface area (Å²) in [5, 5.41) is 7.88. The maximum absolute atomic E-state index is 2.42. The van der Waals surface area contributed by atoms with Crippen molar-refractivity contribution < 1.29 is 0 Å². The van der Waals surface area contributed by atoms with Gasteiger partial charge in [0.05, 0.1) is 5.52 Å². The van der Waals surface area contributed by atoms with Crippen LogP contribution in [-0.2, 0) is 0 Å². The van der Waals surface area contributed by atoms with Gasteiger partial charge in [0.1, 0.15) is 0 Å². The van der Waals surface area contributed by atoms with E-state index in [4.69, 9.17) is 0 Å². The van der Waals surface area contributed by atoms with Crippen LogP contribution in [0.4, 0.5) is 17.1 Å². The van der Waals surface area contributed by atoms with Crippen molar-refractivity contribution in [1.29, 1.82) is 0 Å². The van der Waals surface area contributed by atoms with Crippen LogP contribution in [0.25, 0.3) is 78.1 Å². The summed E-state index contributed by atoms with van der Waals surface area (Å²) >= 11 is 2.20. The van der Waals surface area contributed by atoms with Gasteiger partial charge >= 0.3 is 202 Å². The molecule has 8 aromatic carbocycles. The average molecular weight is 746 g/mol. The van der Waals surface area contributed by atoms with E-state index in [1.165, 1.54) is 78.1 Å². The molecule has 0 aliphatic rings. The molecule has 0 radical (unpaired) electrons. The van der Waals surface area contributed by atoms with Gasteiger partial charge < -0.3 is 4.57 Å². The summed E-state index contributed by atoms with van der Waals surface area (Å²) in [6, 6.07) is 67.1. The van der Waals surface area contributed by atoms with Crippen LogP contribution in [0.5, 0.6) is 0 Å². The number of thiophene rings is 1. The van der Waals surface area contributed by atoms with Gasteiger partial charge in [-0.05, 0) is 24.3 Å². The van der Waals surface area contributed by atoms with Gasteiger partial charge in [0.25, 0.3) is 0 Å². The fourth-order valence-corrected chi connectivity index (χ4v) is 11.5. The van der Waals surface area contributed by atoms with Crippen LogP contribution < -0.4 is 4.90 Å². The zero-order chi connectivity index (χ0) is 34.2. The van der Waals surface area contributed by atoms with Gasteiger partial charge in [0.2, 0.25) is 0 Å². The van der Waals surface area contributed by atoms with Crippen molar-refractivity contribution in [2.45, 2.75) is 0 Å². The monoisotopic (exact) mass is 746 g/mol. The van der Waals surface area contributed by atoms with Crippen molar-refractivity contribution in [1.82, 2.24) is 4.57 Å². The molecule has 0 unspecified atom stereocenters. The van der Waals surface area contributed by atoms with Gasteiger partial charge in [-0.3, -0.25) is 0 Å². The van der Waals surface area contributed by atoms with Crippen LogP contribution in [0.3, 0.4) is 0 Å². The summed E-state index contributed by atoms with van der Waals surface area (Å²) in [6.45, 7) is 0. The van der Waals surface area contributed by atoms with Gasteiger partial charge in [-0.15, -0.1) is 11.3 Å². The normalized spacial score (nSPS) is 11.8. The van der Waals surface area contributed by atoms with E-state index in [2.05, 4.69) is 191 Å². The van der Waals surface area contributed by atoms with E-state index >= 15 is 0 Å². The fraction of sp³-hybridized carbons (Fsp3) is 0. The number of benzene rings is 8. The third kappa shape index (κ3) is 4.69. The molecule has 244 valence electrons. The molecule has 0 aliphatic carbocycles. The molecule has 0 saturated heterocycles. The summed E-state index contributed by atoms with van der Waals surface area (Å²) in [4.78, 5) is 2.42. The molecule has 0 amide bonds. The standard InChI is InChI=1S/C48H30N2SSe/c1-2-10-33(11-3-1)50-43-15-7-4-12-37(43)41-29-35(23-26-44(41)50)49(36-24-27-46-42(30-36)38-13-5-8-16-45(38)51-46)34-21-18-31(19-22-34)32-20-25-40-39-14-6-9-17-47(39)52-48(40)28-32/h1-30H. The summed E-state index contributed by atoms with van der Waals surface area (Å²) in [5.41, 5.74) is 9.49. The molecule has 11 rings (SSSR count). The quantitative estimate of drug-likeness (QED) is 0.159. The Morgan fingerprint density at radius 1 is 0.385 bits per heavy atom. The van der Waals surface area contributed by atoms with E-state index in [9.17, 15) is 0 Å². The molecular formula is C48H30N2SSe. The molecule has 11 aromatic rings. The molecule has 0 bridgehead atoms. The summed E-state index contributed by atoms with van der Waals surface area (Å²) < 4.78 is 7.96. The zero-order valence-corrected chi connectivity index (χ0v) is 30.6. The predicted octanol–water partition coefficient (Wildman–Crippen LogP) is 13.7. The van der Waals surface area contributed by atoms with Gasteiger partial charge in [-0.2, -0.15) is 0 Å². The smallest absolute Gasteiger partial charge is 0.0602 e. The van der Waals surface area contributed by atoms with E-state index in [1.807, 2.05) is 11.3 Å². The number of aromatic nitrogens is 1. The first-order valence-electron chi connectivity index (χ1n) is 17.6. The average Bonchev–Trinajstić information content (AvgIpc) is 3.87. The van der Waals surface area contributed by atoms with Gasteiger partial charge in [-0.1, -0.05) is 54.6 Å². The van der Waals surface area contributed by atoms with Crippen molar-refractivity contribution in [3.05, 3.63) is 182 Å². The fourth-order valence-electron chi connectivity index (χ4n) is 7.96. The van der Waals surface area contributed by atoms with Crippen LogP contribution >= 0.6 is 11.3 Å². The number of hydrogen-bond acceptors (Lipinski definition) is 2. The van der Waals surface area contributed by atoms with Crippen LogP contribution in [0.1, 0.15) is 0 Å². The first kappa shape index (κ1) is 29.8. The van der Waals surface area contributed by atoms with E-state index < -0.39 is 0 Å². The minimum absolute atomic E-state index is 0.339. The second-order valence-electron chi connectivity index (χ2n) is 13.4. The number of anilines is 3. The van der Waals surface area contributed by atoms with Crippen LogP contribution in [0.2, 0.25) is 0 Å². The number of para-hydroxylation sites is 2. The molecule has 0 atom stereocenters. The third-order valence-electron chi connectivity index (χ3n) is 10.4. The molecule has 0 fully saturated rings. The van der Waals surface area contributed by atoms with E-state index in [0.717, 1.165) is 17.1 Å². The Hall–Kier alpha value is -5.90. The minimum atomic E-state index is 0.339. The maximum atomic E-state index is 2.42. The van der Waals surface area contributed by atoms with E-state index in [-0.39, 0.29) is 0 Å². The molecule has 2 nitrogen and oxygen atoms in total. The first-order chi connectivity index (χ1) is 25.8. The number of rotatable bonds is 5. The number of nitrogens with zero attached hydrogens (tertiary/aromatic N) is 2. The second-order valence-corrected chi connectivity index (χ2v) is 16.7. The minimum Gasteiger partial charge on any atom is -0.0602 e. The summed E-state index contributed by atoms with van der Waals surface area (Å²) in [6.07, 6.45) is 0. The molecule has 0 N–H and O–H groups in total. The predicted molar refractivity (Wildman–Crippen MR) is 226 cm³/mol. The van der Waals surface area contributed by atoms with Crippen LogP contribution in [0, 0.1) is 0 Å².